The van der Waals surface area contributed by atoms with Gasteiger partial charge in [0.05, 0.1) is 12.1 Å². The molecular formula is C12H13FN2O. The second-order valence-electron chi connectivity index (χ2n) is 3.65. The van der Waals surface area contributed by atoms with Crippen molar-refractivity contribution in [2.24, 2.45) is 0 Å². The Kier molecular flexibility index (Phi) is 3.01. The Morgan fingerprint density at radius 3 is 2.81 bits per heavy atom. The Bertz CT molecular complexity index is 501. The van der Waals surface area contributed by atoms with E-state index in [0.29, 0.717) is 12.1 Å². The first-order valence-electron chi connectivity index (χ1n) is 5.09. The molecule has 0 atom stereocenters. The molecule has 2 aromatic rings. The number of likely N-dealkylation sites (N-methyl/N-ethyl adjacent to an activating group) is 1. The van der Waals surface area contributed by atoms with Crippen LogP contribution in [0.4, 0.5) is 10.2 Å². The van der Waals surface area contributed by atoms with E-state index in [0.717, 1.165) is 11.2 Å². The number of aromatic nitrogens is 1. The Labute approximate surface area is 93.1 Å². The van der Waals surface area contributed by atoms with Gasteiger partial charge < -0.3 is 10.0 Å². The monoisotopic (exact) mass is 220 g/mol. The van der Waals surface area contributed by atoms with E-state index >= 15 is 0 Å². The molecule has 0 unspecified atom stereocenters. The molecule has 0 fully saturated rings. The van der Waals surface area contributed by atoms with Gasteiger partial charge >= 0.3 is 0 Å². The number of fused-ring (bicyclic) bond motifs is 1. The van der Waals surface area contributed by atoms with Gasteiger partial charge in [0.1, 0.15) is 11.6 Å². The Balaban J connectivity index is 2.42. The molecule has 1 aromatic heterocycles. The number of hydrogen-bond donors (Lipinski definition) is 1. The van der Waals surface area contributed by atoms with Crippen molar-refractivity contribution in [1.29, 1.82) is 0 Å². The summed E-state index contributed by atoms with van der Waals surface area (Å²) in [5.41, 5.74) is 0.627. The van der Waals surface area contributed by atoms with Gasteiger partial charge in [0.15, 0.2) is 0 Å². The molecule has 1 heterocycles. The molecule has 2 rings (SSSR count). The molecule has 84 valence electrons. The lowest BCUT2D eigenvalue weighted by molar-refractivity contribution is 0.304. The normalized spacial score (nSPS) is 10.7. The highest BCUT2D eigenvalue weighted by atomic mass is 19.1. The zero-order valence-corrected chi connectivity index (χ0v) is 9.02. The van der Waals surface area contributed by atoms with Gasteiger partial charge in [-0.2, -0.15) is 0 Å². The van der Waals surface area contributed by atoms with E-state index in [-0.39, 0.29) is 12.4 Å². The summed E-state index contributed by atoms with van der Waals surface area (Å²) in [5.74, 6) is 0.439. The summed E-state index contributed by atoms with van der Waals surface area (Å²) >= 11 is 0. The van der Waals surface area contributed by atoms with Gasteiger partial charge in [-0.1, -0.05) is 0 Å². The van der Waals surface area contributed by atoms with Gasteiger partial charge in [-0.3, -0.25) is 0 Å². The highest BCUT2D eigenvalue weighted by molar-refractivity contribution is 5.80. The summed E-state index contributed by atoms with van der Waals surface area (Å²) in [7, 11) is 1.84. The molecule has 0 aliphatic carbocycles. The van der Waals surface area contributed by atoms with Crippen molar-refractivity contribution in [3.05, 3.63) is 36.1 Å². The predicted octanol–water partition coefficient (Wildman–Crippen LogP) is 1.80. The van der Waals surface area contributed by atoms with Gasteiger partial charge in [-0.15, -0.1) is 0 Å². The lowest BCUT2D eigenvalue weighted by atomic mass is 10.2. The molecule has 0 amide bonds. The van der Waals surface area contributed by atoms with Crippen LogP contribution in [0.5, 0.6) is 0 Å². The highest BCUT2D eigenvalue weighted by Crippen LogP contribution is 2.17. The summed E-state index contributed by atoms with van der Waals surface area (Å²) in [5, 5.41) is 9.73. The first-order valence-corrected chi connectivity index (χ1v) is 5.09. The predicted molar refractivity (Wildman–Crippen MR) is 62.1 cm³/mol. The molecule has 0 aliphatic rings. The average Bonchev–Trinajstić information content (AvgIpc) is 2.28. The molecule has 4 heteroatoms. The second-order valence-corrected chi connectivity index (χ2v) is 3.65. The topological polar surface area (TPSA) is 36.4 Å². The molecule has 1 N–H and O–H groups in total. The van der Waals surface area contributed by atoms with Crippen LogP contribution in [0, 0.1) is 5.82 Å². The zero-order valence-electron chi connectivity index (χ0n) is 9.02. The van der Waals surface area contributed by atoms with Crippen molar-refractivity contribution < 1.29 is 9.50 Å². The van der Waals surface area contributed by atoms with Crippen molar-refractivity contribution in [1.82, 2.24) is 4.98 Å². The zero-order chi connectivity index (χ0) is 11.5. The fraction of sp³-hybridized carbons (Fsp3) is 0.250. The van der Waals surface area contributed by atoms with Crippen LogP contribution in [0.3, 0.4) is 0 Å². The number of benzene rings is 1. The summed E-state index contributed by atoms with van der Waals surface area (Å²) < 4.78 is 13.0. The minimum atomic E-state index is -0.290. The van der Waals surface area contributed by atoms with Crippen LogP contribution in [-0.4, -0.2) is 30.3 Å². The fourth-order valence-corrected chi connectivity index (χ4v) is 1.56. The maximum atomic E-state index is 13.0. The first kappa shape index (κ1) is 10.8. The maximum absolute atomic E-state index is 13.0. The van der Waals surface area contributed by atoms with Gasteiger partial charge in [0, 0.05) is 25.0 Å². The number of anilines is 1. The third kappa shape index (κ3) is 2.12. The maximum Gasteiger partial charge on any atom is 0.129 e. The van der Waals surface area contributed by atoms with Crippen molar-refractivity contribution >= 4 is 16.7 Å². The number of halogens is 1. The third-order valence-corrected chi connectivity index (χ3v) is 2.47. The lowest BCUT2D eigenvalue weighted by Gasteiger charge is -2.16. The van der Waals surface area contributed by atoms with E-state index in [2.05, 4.69) is 4.98 Å². The average molecular weight is 220 g/mol. The lowest BCUT2D eigenvalue weighted by Crippen LogP contribution is -2.22. The summed E-state index contributed by atoms with van der Waals surface area (Å²) in [6.07, 6.45) is 0. The van der Waals surface area contributed by atoms with E-state index in [1.165, 1.54) is 12.1 Å². The number of hydrogen-bond acceptors (Lipinski definition) is 3. The number of rotatable bonds is 3. The number of aliphatic hydroxyl groups excluding tert-OH is 1. The van der Waals surface area contributed by atoms with E-state index in [4.69, 9.17) is 5.11 Å². The van der Waals surface area contributed by atoms with Gasteiger partial charge in [-0.25, -0.2) is 9.37 Å². The van der Waals surface area contributed by atoms with Crippen LogP contribution in [-0.2, 0) is 0 Å². The Hall–Kier alpha value is -1.68. The number of aliphatic hydroxyl groups is 1. The highest BCUT2D eigenvalue weighted by Gasteiger charge is 2.03. The Morgan fingerprint density at radius 1 is 1.31 bits per heavy atom. The minimum Gasteiger partial charge on any atom is -0.395 e. The van der Waals surface area contributed by atoms with Crippen LogP contribution in [0.1, 0.15) is 0 Å². The molecule has 0 spiro atoms. The van der Waals surface area contributed by atoms with Crippen LogP contribution in [0.25, 0.3) is 10.9 Å². The smallest absolute Gasteiger partial charge is 0.129 e. The van der Waals surface area contributed by atoms with E-state index in [1.54, 1.807) is 6.07 Å². The van der Waals surface area contributed by atoms with Gasteiger partial charge in [0.25, 0.3) is 0 Å². The van der Waals surface area contributed by atoms with Gasteiger partial charge in [-0.05, 0) is 24.3 Å². The largest absolute Gasteiger partial charge is 0.395 e. The molecule has 3 nitrogen and oxygen atoms in total. The molecule has 0 saturated carbocycles. The van der Waals surface area contributed by atoms with Crippen molar-refractivity contribution in [3.8, 4) is 0 Å². The van der Waals surface area contributed by atoms with E-state index in [9.17, 15) is 4.39 Å². The Morgan fingerprint density at radius 2 is 2.06 bits per heavy atom. The SMILES string of the molecule is CN(CCO)c1ccc2ccc(F)cc2n1. The second kappa shape index (κ2) is 4.45. The first-order chi connectivity index (χ1) is 7.70. The number of pyridine rings is 1. The quantitative estimate of drug-likeness (QED) is 0.856. The van der Waals surface area contributed by atoms with Crippen molar-refractivity contribution in [2.75, 3.05) is 25.1 Å². The fourth-order valence-electron chi connectivity index (χ4n) is 1.56. The molecule has 0 bridgehead atoms. The molecule has 0 radical (unpaired) electrons. The van der Waals surface area contributed by atoms with Crippen molar-refractivity contribution in [3.63, 3.8) is 0 Å². The molecule has 0 aliphatic heterocycles. The van der Waals surface area contributed by atoms with E-state index < -0.39 is 0 Å². The standard InChI is InChI=1S/C12H13FN2O/c1-15(6-7-16)12-5-3-9-2-4-10(13)8-11(9)14-12/h2-5,8,16H,6-7H2,1H3. The van der Waals surface area contributed by atoms with E-state index in [1.807, 2.05) is 24.1 Å². The van der Waals surface area contributed by atoms with Gasteiger partial charge in [0.2, 0.25) is 0 Å². The van der Waals surface area contributed by atoms with Crippen molar-refractivity contribution in [2.45, 2.75) is 0 Å². The summed E-state index contributed by atoms with van der Waals surface area (Å²) in [4.78, 5) is 6.15. The summed E-state index contributed by atoms with van der Waals surface area (Å²) in [6.45, 7) is 0.577. The molecule has 0 saturated heterocycles. The van der Waals surface area contributed by atoms with Crippen LogP contribution < -0.4 is 4.90 Å². The molecular weight excluding hydrogens is 207 g/mol. The molecule has 1 aromatic carbocycles. The van der Waals surface area contributed by atoms with Crippen LogP contribution in [0.2, 0.25) is 0 Å². The summed E-state index contributed by atoms with van der Waals surface area (Å²) in [6, 6.07) is 8.28. The van der Waals surface area contributed by atoms with Crippen LogP contribution >= 0.6 is 0 Å². The molecule has 16 heavy (non-hydrogen) atoms. The third-order valence-electron chi connectivity index (χ3n) is 2.47. The van der Waals surface area contributed by atoms with Crippen LogP contribution in [0.15, 0.2) is 30.3 Å². The minimum absolute atomic E-state index is 0.0688. The number of nitrogens with zero attached hydrogens (tertiary/aromatic N) is 2.